The molecular weight excluding hydrogens is 198 g/mol. The molecule has 0 aromatic heterocycles. The van der Waals surface area contributed by atoms with E-state index >= 15 is 0 Å². The second kappa shape index (κ2) is 4.28. The molecule has 2 aliphatic rings. The van der Waals surface area contributed by atoms with Crippen LogP contribution in [-0.2, 0) is 0 Å². The van der Waals surface area contributed by atoms with Crippen LogP contribution in [0.4, 0.5) is 0 Å². The van der Waals surface area contributed by atoms with Crippen LogP contribution in [0.2, 0.25) is 0 Å². The maximum absolute atomic E-state index is 3.65. The van der Waals surface area contributed by atoms with Crippen molar-refractivity contribution in [2.75, 3.05) is 46.8 Å². The SMILES string of the molecule is CN(C)CCN1CC2(CC2)CNCC1(C)C. The van der Waals surface area contributed by atoms with Gasteiger partial charge in [0.15, 0.2) is 0 Å². The van der Waals surface area contributed by atoms with Crippen LogP contribution in [0.3, 0.4) is 0 Å². The molecule has 0 atom stereocenters. The fraction of sp³-hybridized carbons (Fsp3) is 1.00. The Bertz CT molecular complexity index is 244. The number of nitrogens with one attached hydrogen (secondary N) is 1. The van der Waals surface area contributed by atoms with Gasteiger partial charge in [-0.1, -0.05) is 0 Å². The standard InChI is InChI=1S/C13H27N3/c1-12(2)9-14-10-13(5-6-13)11-16(12)8-7-15(3)4/h14H,5-11H2,1-4H3. The molecule has 0 amide bonds. The van der Waals surface area contributed by atoms with E-state index in [-0.39, 0.29) is 0 Å². The molecule has 16 heavy (non-hydrogen) atoms. The molecule has 2 fully saturated rings. The Labute approximate surface area is 100 Å². The maximum atomic E-state index is 3.65. The summed E-state index contributed by atoms with van der Waals surface area (Å²) in [7, 11) is 4.33. The lowest BCUT2D eigenvalue weighted by atomic mass is 10.0. The lowest BCUT2D eigenvalue weighted by molar-refractivity contribution is 0.106. The summed E-state index contributed by atoms with van der Waals surface area (Å²) < 4.78 is 0. The second-order valence-electron chi connectivity index (χ2n) is 6.64. The lowest BCUT2D eigenvalue weighted by Gasteiger charge is -2.38. The van der Waals surface area contributed by atoms with Gasteiger partial charge in [-0.2, -0.15) is 0 Å². The van der Waals surface area contributed by atoms with Crippen LogP contribution >= 0.6 is 0 Å². The average Bonchev–Trinajstić information content (AvgIpc) is 2.93. The van der Waals surface area contributed by atoms with Gasteiger partial charge in [0.1, 0.15) is 0 Å². The third-order valence-electron chi connectivity index (χ3n) is 4.21. The normalized spacial score (nSPS) is 28.3. The molecular formula is C13H27N3. The summed E-state index contributed by atoms with van der Waals surface area (Å²) in [5.41, 5.74) is 0.933. The molecule has 1 saturated carbocycles. The van der Waals surface area contributed by atoms with Crippen molar-refractivity contribution in [1.82, 2.24) is 15.1 Å². The van der Waals surface area contributed by atoms with E-state index in [1.807, 2.05) is 0 Å². The summed E-state index contributed by atoms with van der Waals surface area (Å²) in [6, 6.07) is 0. The van der Waals surface area contributed by atoms with Crippen molar-refractivity contribution in [3.05, 3.63) is 0 Å². The van der Waals surface area contributed by atoms with Gasteiger partial charge in [-0.25, -0.2) is 0 Å². The molecule has 94 valence electrons. The number of rotatable bonds is 3. The van der Waals surface area contributed by atoms with E-state index in [0.717, 1.165) is 6.54 Å². The van der Waals surface area contributed by atoms with Crippen molar-refractivity contribution in [3.8, 4) is 0 Å². The fourth-order valence-electron chi connectivity index (χ4n) is 2.63. The zero-order chi connectivity index (χ0) is 11.8. The monoisotopic (exact) mass is 225 g/mol. The topological polar surface area (TPSA) is 18.5 Å². The molecule has 1 aliphatic carbocycles. The molecule has 0 unspecified atom stereocenters. The zero-order valence-corrected chi connectivity index (χ0v) is 11.3. The van der Waals surface area contributed by atoms with Crippen LogP contribution in [0.15, 0.2) is 0 Å². The molecule has 3 nitrogen and oxygen atoms in total. The van der Waals surface area contributed by atoms with Gasteiger partial charge < -0.3 is 10.2 Å². The first-order chi connectivity index (χ1) is 7.44. The van der Waals surface area contributed by atoms with E-state index in [9.17, 15) is 0 Å². The van der Waals surface area contributed by atoms with E-state index < -0.39 is 0 Å². The Kier molecular flexibility index (Phi) is 3.30. The number of hydrogen-bond donors (Lipinski definition) is 1. The van der Waals surface area contributed by atoms with Crippen LogP contribution in [-0.4, -0.2) is 62.2 Å². The quantitative estimate of drug-likeness (QED) is 0.773. The smallest absolute Gasteiger partial charge is 0.0278 e. The highest BCUT2D eigenvalue weighted by Crippen LogP contribution is 2.47. The van der Waals surface area contributed by atoms with E-state index in [4.69, 9.17) is 0 Å². The van der Waals surface area contributed by atoms with Crippen LogP contribution in [0.1, 0.15) is 26.7 Å². The minimum Gasteiger partial charge on any atom is -0.314 e. The van der Waals surface area contributed by atoms with E-state index in [0.29, 0.717) is 11.0 Å². The molecule has 1 aliphatic heterocycles. The summed E-state index contributed by atoms with van der Waals surface area (Å²) >= 11 is 0. The van der Waals surface area contributed by atoms with Gasteiger partial charge in [0.2, 0.25) is 0 Å². The van der Waals surface area contributed by atoms with Gasteiger partial charge >= 0.3 is 0 Å². The minimum absolute atomic E-state index is 0.308. The highest BCUT2D eigenvalue weighted by molar-refractivity contribution is 5.03. The largest absolute Gasteiger partial charge is 0.314 e. The minimum atomic E-state index is 0.308. The summed E-state index contributed by atoms with van der Waals surface area (Å²) in [5, 5.41) is 3.65. The molecule has 1 saturated heterocycles. The first-order valence-corrected chi connectivity index (χ1v) is 6.54. The van der Waals surface area contributed by atoms with Crippen LogP contribution in [0.5, 0.6) is 0 Å². The van der Waals surface area contributed by atoms with Crippen molar-refractivity contribution in [3.63, 3.8) is 0 Å². The predicted molar refractivity (Wildman–Crippen MR) is 68.7 cm³/mol. The van der Waals surface area contributed by atoms with Crippen molar-refractivity contribution in [2.24, 2.45) is 5.41 Å². The van der Waals surface area contributed by atoms with E-state index in [1.54, 1.807) is 0 Å². The van der Waals surface area contributed by atoms with Crippen molar-refractivity contribution in [1.29, 1.82) is 0 Å². The Balaban J connectivity index is 1.98. The Morgan fingerprint density at radius 2 is 1.88 bits per heavy atom. The van der Waals surface area contributed by atoms with Gasteiger partial charge in [-0.15, -0.1) is 0 Å². The first-order valence-electron chi connectivity index (χ1n) is 6.54. The van der Waals surface area contributed by atoms with Gasteiger partial charge in [0.05, 0.1) is 0 Å². The summed E-state index contributed by atoms with van der Waals surface area (Å²) in [4.78, 5) is 4.98. The van der Waals surface area contributed by atoms with Crippen LogP contribution < -0.4 is 5.32 Å². The molecule has 1 heterocycles. The van der Waals surface area contributed by atoms with Gasteiger partial charge in [-0.3, -0.25) is 4.90 Å². The molecule has 1 spiro atoms. The third-order valence-corrected chi connectivity index (χ3v) is 4.21. The number of likely N-dealkylation sites (N-methyl/N-ethyl adjacent to an activating group) is 1. The molecule has 2 rings (SSSR count). The summed E-state index contributed by atoms with van der Waals surface area (Å²) in [6.07, 6.45) is 2.85. The maximum Gasteiger partial charge on any atom is 0.0278 e. The summed E-state index contributed by atoms with van der Waals surface area (Å²) in [5.74, 6) is 0. The van der Waals surface area contributed by atoms with Crippen molar-refractivity contribution >= 4 is 0 Å². The zero-order valence-electron chi connectivity index (χ0n) is 11.3. The Hall–Kier alpha value is -0.120. The van der Waals surface area contributed by atoms with E-state index in [2.05, 4.69) is 43.1 Å². The molecule has 0 radical (unpaired) electrons. The molecule has 0 bridgehead atoms. The van der Waals surface area contributed by atoms with Gasteiger partial charge in [0.25, 0.3) is 0 Å². The van der Waals surface area contributed by atoms with Gasteiger partial charge in [-0.05, 0) is 46.2 Å². The van der Waals surface area contributed by atoms with E-state index in [1.165, 1.54) is 39.0 Å². The van der Waals surface area contributed by atoms with Crippen LogP contribution in [0, 0.1) is 5.41 Å². The number of hydrogen-bond acceptors (Lipinski definition) is 3. The van der Waals surface area contributed by atoms with Crippen molar-refractivity contribution < 1.29 is 0 Å². The average molecular weight is 225 g/mol. The summed E-state index contributed by atoms with van der Waals surface area (Å²) in [6.45, 7) is 10.8. The highest BCUT2D eigenvalue weighted by atomic mass is 15.3. The lowest BCUT2D eigenvalue weighted by Crippen LogP contribution is -2.51. The Morgan fingerprint density at radius 3 is 2.44 bits per heavy atom. The first kappa shape index (κ1) is 12.3. The molecule has 3 heteroatoms. The predicted octanol–water partition coefficient (Wildman–Crippen LogP) is 1.01. The molecule has 0 aromatic carbocycles. The fourth-order valence-corrected chi connectivity index (χ4v) is 2.63. The van der Waals surface area contributed by atoms with Crippen molar-refractivity contribution in [2.45, 2.75) is 32.2 Å². The second-order valence-corrected chi connectivity index (χ2v) is 6.64. The molecule has 0 aromatic rings. The van der Waals surface area contributed by atoms with Gasteiger partial charge in [0, 0.05) is 38.3 Å². The number of nitrogens with zero attached hydrogens (tertiary/aromatic N) is 2. The Morgan fingerprint density at radius 1 is 1.19 bits per heavy atom. The highest BCUT2D eigenvalue weighted by Gasteiger charge is 2.47. The van der Waals surface area contributed by atoms with Crippen LogP contribution in [0.25, 0.3) is 0 Å². The molecule has 1 N–H and O–H groups in total. The third kappa shape index (κ3) is 2.76.